The Morgan fingerprint density at radius 2 is 1.36 bits per heavy atom. The van der Waals surface area contributed by atoms with E-state index in [0.717, 1.165) is 12.6 Å². The highest BCUT2D eigenvalue weighted by Gasteiger charge is 2.30. The highest BCUT2D eigenvalue weighted by molar-refractivity contribution is 5.92. The molecule has 2 aliphatic rings. The summed E-state index contributed by atoms with van der Waals surface area (Å²) in [7, 11) is 0. The van der Waals surface area contributed by atoms with Gasteiger partial charge in [0.15, 0.2) is 0 Å². The van der Waals surface area contributed by atoms with Crippen molar-refractivity contribution in [2.75, 3.05) is 13.1 Å². The van der Waals surface area contributed by atoms with E-state index in [-0.39, 0.29) is 0 Å². The lowest BCUT2D eigenvalue weighted by Crippen LogP contribution is -2.43. The molecule has 2 heterocycles. The summed E-state index contributed by atoms with van der Waals surface area (Å²) in [5.41, 5.74) is 5.90. The van der Waals surface area contributed by atoms with E-state index in [9.17, 15) is 0 Å². The second-order valence-electron chi connectivity index (χ2n) is 6.51. The van der Waals surface area contributed by atoms with Gasteiger partial charge in [0.1, 0.15) is 0 Å². The van der Waals surface area contributed by atoms with Gasteiger partial charge in [-0.2, -0.15) is 0 Å². The SMILES string of the molecule is c1ccc(C2=C(c3ccccc3)CN3CCCCC3C2)cc1. The molecule has 0 aliphatic carbocycles. The van der Waals surface area contributed by atoms with Gasteiger partial charge in [0.2, 0.25) is 0 Å². The Hall–Kier alpha value is -1.86. The molecule has 0 bridgehead atoms. The lowest BCUT2D eigenvalue weighted by molar-refractivity contribution is 0.165. The minimum atomic E-state index is 0.747. The van der Waals surface area contributed by atoms with Crippen LogP contribution in [0.1, 0.15) is 36.8 Å². The van der Waals surface area contributed by atoms with Crippen molar-refractivity contribution < 1.29 is 0 Å². The zero-order chi connectivity index (χ0) is 14.8. The van der Waals surface area contributed by atoms with E-state index in [4.69, 9.17) is 0 Å². The Morgan fingerprint density at radius 1 is 0.727 bits per heavy atom. The van der Waals surface area contributed by atoms with Gasteiger partial charge in [-0.25, -0.2) is 0 Å². The second kappa shape index (κ2) is 6.10. The van der Waals surface area contributed by atoms with Crippen molar-refractivity contribution in [2.24, 2.45) is 0 Å². The van der Waals surface area contributed by atoms with Crippen molar-refractivity contribution in [3.05, 3.63) is 71.8 Å². The molecule has 1 nitrogen and oxygen atoms in total. The largest absolute Gasteiger partial charge is 0.296 e. The van der Waals surface area contributed by atoms with Gasteiger partial charge in [0.25, 0.3) is 0 Å². The van der Waals surface area contributed by atoms with E-state index >= 15 is 0 Å². The number of hydrogen-bond donors (Lipinski definition) is 0. The number of fused-ring (bicyclic) bond motifs is 1. The van der Waals surface area contributed by atoms with Crippen LogP contribution in [-0.2, 0) is 0 Å². The van der Waals surface area contributed by atoms with Gasteiger partial charge in [-0.15, -0.1) is 0 Å². The fourth-order valence-electron chi connectivity index (χ4n) is 3.99. The molecule has 2 aliphatic heterocycles. The van der Waals surface area contributed by atoms with E-state index in [2.05, 4.69) is 65.6 Å². The molecule has 0 amide bonds. The first-order valence-corrected chi connectivity index (χ1v) is 8.49. The minimum Gasteiger partial charge on any atom is -0.296 e. The summed E-state index contributed by atoms with van der Waals surface area (Å²) in [4.78, 5) is 2.71. The number of benzene rings is 2. The third-order valence-electron chi connectivity index (χ3n) is 5.16. The standard InChI is InChI=1S/C21H23N/c1-3-9-17(10-4-1)20-15-19-13-7-8-14-22(19)16-21(20)18-11-5-2-6-12-18/h1-6,9-12,19H,7-8,13-16H2. The smallest absolute Gasteiger partial charge is 0.0245 e. The predicted molar refractivity (Wildman–Crippen MR) is 93.5 cm³/mol. The second-order valence-corrected chi connectivity index (χ2v) is 6.51. The first-order valence-electron chi connectivity index (χ1n) is 8.49. The molecule has 1 unspecified atom stereocenters. The summed E-state index contributed by atoms with van der Waals surface area (Å²) < 4.78 is 0. The van der Waals surface area contributed by atoms with Crippen molar-refractivity contribution in [2.45, 2.75) is 31.7 Å². The summed E-state index contributed by atoms with van der Waals surface area (Å²) in [5.74, 6) is 0. The van der Waals surface area contributed by atoms with Crippen LogP contribution in [0.2, 0.25) is 0 Å². The van der Waals surface area contributed by atoms with Crippen LogP contribution in [-0.4, -0.2) is 24.0 Å². The van der Waals surface area contributed by atoms with Crippen molar-refractivity contribution >= 4 is 11.1 Å². The van der Waals surface area contributed by atoms with E-state index in [1.807, 2.05) is 0 Å². The van der Waals surface area contributed by atoms with E-state index in [1.165, 1.54) is 48.9 Å². The maximum absolute atomic E-state index is 2.71. The first-order chi connectivity index (χ1) is 10.9. The van der Waals surface area contributed by atoms with Gasteiger partial charge in [-0.3, -0.25) is 4.90 Å². The molecular formula is C21H23N. The molecule has 2 aromatic rings. The monoisotopic (exact) mass is 289 g/mol. The average molecular weight is 289 g/mol. The van der Waals surface area contributed by atoms with Gasteiger partial charge >= 0.3 is 0 Å². The number of piperidine rings is 1. The summed E-state index contributed by atoms with van der Waals surface area (Å²) in [6.07, 6.45) is 5.32. The van der Waals surface area contributed by atoms with Crippen LogP contribution in [0.25, 0.3) is 11.1 Å². The van der Waals surface area contributed by atoms with Gasteiger partial charge in [0, 0.05) is 12.6 Å². The summed E-state index contributed by atoms with van der Waals surface area (Å²) in [5, 5.41) is 0. The summed E-state index contributed by atoms with van der Waals surface area (Å²) in [6, 6.07) is 22.7. The normalized spacial score (nSPS) is 22.5. The molecule has 0 radical (unpaired) electrons. The summed E-state index contributed by atoms with van der Waals surface area (Å²) in [6.45, 7) is 2.38. The highest BCUT2D eigenvalue weighted by Crippen LogP contribution is 2.38. The third kappa shape index (κ3) is 2.62. The average Bonchev–Trinajstić information content (AvgIpc) is 2.62. The van der Waals surface area contributed by atoms with E-state index < -0.39 is 0 Å². The molecule has 1 atom stereocenters. The maximum Gasteiger partial charge on any atom is 0.0245 e. The third-order valence-corrected chi connectivity index (χ3v) is 5.16. The number of hydrogen-bond acceptors (Lipinski definition) is 1. The molecule has 4 rings (SSSR count). The van der Waals surface area contributed by atoms with Gasteiger partial charge < -0.3 is 0 Å². The lowest BCUT2D eigenvalue weighted by Gasteiger charge is -2.41. The summed E-state index contributed by atoms with van der Waals surface area (Å²) >= 11 is 0. The fourth-order valence-corrected chi connectivity index (χ4v) is 3.99. The van der Waals surface area contributed by atoms with Crippen molar-refractivity contribution in [1.29, 1.82) is 0 Å². The molecule has 112 valence electrons. The molecule has 2 aromatic carbocycles. The van der Waals surface area contributed by atoms with E-state index in [1.54, 1.807) is 5.57 Å². The minimum absolute atomic E-state index is 0.747. The fraction of sp³-hybridized carbons (Fsp3) is 0.333. The van der Waals surface area contributed by atoms with Gasteiger partial charge in [0.05, 0.1) is 0 Å². The quantitative estimate of drug-likeness (QED) is 0.763. The zero-order valence-corrected chi connectivity index (χ0v) is 13.0. The van der Waals surface area contributed by atoms with Crippen LogP contribution >= 0.6 is 0 Å². The first kappa shape index (κ1) is 13.8. The Balaban J connectivity index is 1.80. The Morgan fingerprint density at radius 3 is 2.05 bits per heavy atom. The van der Waals surface area contributed by atoms with Gasteiger partial charge in [-0.1, -0.05) is 67.1 Å². The molecule has 1 saturated heterocycles. The topological polar surface area (TPSA) is 3.24 Å². The van der Waals surface area contributed by atoms with Crippen molar-refractivity contribution in [3.63, 3.8) is 0 Å². The zero-order valence-electron chi connectivity index (χ0n) is 13.0. The maximum atomic E-state index is 2.71. The molecule has 22 heavy (non-hydrogen) atoms. The van der Waals surface area contributed by atoms with E-state index in [0.29, 0.717) is 0 Å². The van der Waals surface area contributed by atoms with Crippen molar-refractivity contribution in [3.8, 4) is 0 Å². The molecule has 0 saturated carbocycles. The Kier molecular flexibility index (Phi) is 3.82. The van der Waals surface area contributed by atoms with Crippen LogP contribution < -0.4 is 0 Å². The van der Waals surface area contributed by atoms with Crippen LogP contribution in [0.3, 0.4) is 0 Å². The number of nitrogens with zero attached hydrogens (tertiary/aromatic N) is 1. The molecule has 1 fully saturated rings. The molecule has 0 N–H and O–H groups in total. The predicted octanol–water partition coefficient (Wildman–Crippen LogP) is 4.86. The molecular weight excluding hydrogens is 266 g/mol. The van der Waals surface area contributed by atoms with Crippen molar-refractivity contribution in [1.82, 2.24) is 4.90 Å². The van der Waals surface area contributed by atoms with Crippen LogP contribution in [0.15, 0.2) is 60.7 Å². The molecule has 0 aromatic heterocycles. The Labute approximate surface area is 133 Å². The Bertz CT molecular complexity index is 597. The highest BCUT2D eigenvalue weighted by atomic mass is 15.2. The number of rotatable bonds is 2. The molecule has 0 spiro atoms. The lowest BCUT2D eigenvalue weighted by atomic mass is 9.83. The van der Waals surface area contributed by atoms with Crippen LogP contribution in [0.5, 0.6) is 0 Å². The van der Waals surface area contributed by atoms with Gasteiger partial charge in [-0.05, 0) is 48.1 Å². The molecule has 1 heteroatoms. The van der Waals surface area contributed by atoms with Crippen LogP contribution in [0.4, 0.5) is 0 Å². The van der Waals surface area contributed by atoms with Crippen LogP contribution in [0, 0.1) is 0 Å².